The van der Waals surface area contributed by atoms with Gasteiger partial charge in [0.25, 0.3) is 5.91 Å². The minimum Gasteiger partial charge on any atom is -0.478 e. The van der Waals surface area contributed by atoms with Crippen LogP contribution in [0.1, 0.15) is 29.3 Å². The summed E-state index contributed by atoms with van der Waals surface area (Å²) in [6, 6.07) is 13.6. The second-order valence-corrected chi connectivity index (χ2v) is 7.25. The van der Waals surface area contributed by atoms with Crippen molar-refractivity contribution in [2.24, 2.45) is 0 Å². The molecule has 1 aliphatic rings. The van der Waals surface area contributed by atoms with Gasteiger partial charge in [0.2, 0.25) is 0 Å². The van der Waals surface area contributed by atoms with Gasteiger partial charge in [0.1, 0.15) is 0 Å². The molecule has 7 heteroatoms. The van der Waals surface area contributed by atoms with E-state index in [1.54, 1.807) is 24.3 Å². The standard InChI is InChI=1S/C22H22N2O5/c1-14(19(25)23-16-7-5-4-6-8-16)12-22(2)13-24(21(28)29-3)18-10-9-15(20(26)27)11-17(18)22/h4-11H,1,12-13H2,2-3H3,(H,23,25)(H,26,27). The van der Waals surface area contributed by atoms with Crippen LogP contribution in [0.5, 0.6) is 0 Å². The normalized spacial score (nSPS) is 17.4. The number of anilines is 2. The number of carbonyl (C=O) groups is 3. The molecule has 7 nitrogen and oxygen atoms in total. The number of hydrogen-bond acceptors (Lipinski definition) is 4. The molecular weight excluding hydrogens is 372 g/mol. The van der Waals surface area contributed by atoms with Gasteiger partial charge in [-0.25, -0.2) is 9.59 Å². The predicted molar refractivity (Wildman–Crippen MR) is 109 cm³/mol. The Kier molecular flexibility index (Phi) is 5.41. The smallest absolute Gasteiger partial charge is 0.414 e. The van der Waals surface area contributed by atoms with Gasteiger partial charge in [-0.2, -0.15) is 0 Å². The van der Waals surface area contributed by atoms with E-state index in [9.17, 15) is 19.5 Å². The first kappa shape index (κ1) is 20.1. The van der Waals surface area contributed by atoms with E-state index in [0.717, 1.165) is 0 Å². The van der Waals surface area contributed by atoms with Crippen molar-refractivity contribution in [2.75, 3.05) is 23.9 Å². The molecule has 0 saturated heterocycles. The number of carbonyl (C=O) groups excluding carboxylic acids is 2. The van der Waals surface area contributed by atoms with E-state index in [1.807, 2.05) is 25.1 Å². The molecule has 1 unspecified atom stereocenters. The van der Waals surface area contributed by atoms with E-state index >= 15 is 0 Å². The number of rotatable bonds is 5. The van der Waals surface area contributed by atoms with Crippen LogP contribution in [0.2, 0.25) is 0 Å². The van der Waals surface area contributed by atoms with Crippen molar-refractivity contribution in [1.29, 1.82) is 0 Å². The minimum atomic E-state index is -1.06. The molecule has 150 valence electrons. The molecule has 0 radical (unpaired) electrons. The zero-order valence-corrected chi connectivity index (χ0v) is 16.3. The number of methoxy groups -OCH3 is 1. The molecule has 0 aromatic heterocycles. The highest BCUT2D eigenvalue weighted by atomic mass is 16.5. The third kappa shape index (κ3) is 3.99. The van der Waals surface area contributed by atoms with Gasteiger partial charge < -0.3 is 15.2 Å². The Bertz CT molecular complexity index is 986. The fraction of sp³-hybridized carbons (Fsp3) is 0.227. The summed E-state index contributed by atoms with van der Waals surface area (Å²) in [4.78, 5) is 37.7. The average molecular weight is 394 g/mol. The van der Waals surface area contributed by atoms with E-state index in [4.69, 9.17) is 4.74 Å². The predicted octanol–water partition coefficient (Wildman–Crippen LogP) is 3.81. The van der Waals surface area contributed by atoms with Gasteiger partial charge in [0, 0.05) is 23.2 Å². The molecule has 2 N–H and O–H groups in total. The zero-order valence-electron chi connectivity index (χ0n) is 16.3. The van der Waals surface area contributed by atoms with Crippen LogP contribution < -0.4 is 10.2 Å². The first-order chi connectivity index (χ1) is 13.7. The number of carboxylic acids is 1. The number of para-hydroxylation sites is 1. The summed E-state index contributed by atoms with van der Waals surface area (Å²) in [5.74, 6) is -1.39. The monoisotopic (exact) mass is 394 g/mol. The summed E-state index contributed by atoms with van der Waals surface area (Å²) in [5.41, 5.74) is 1.63. The van der Waals surface area contributed by atoms with Crippen molar-refractivity contribution in [3.8, 4) is 0 Å². The fourth-order valence-corrected chi connectivity index (χ4v) is 3.62. The first-order valence-corrected chi connectivity index (χ1v) is 9.02. The van der Waals surface area contributed by atoms with Crippen LogP contribution in [0.15, 0.2) is 60.7 Å². The van der Waals surface area contributed by atoms with Crippen molar-refractivity contribution in [1.82, 2.24) is 0 Å². The summed E-state index contributed by atoms with van der Waals surface area (Å²) in [6.07, 6.45) is -0.299. The molecule has 3 rings (SSSR count). The van der Waals surface area contributed by atoms with E-state index < -0.39 is 17.5 Å². The van der Waals surface area contributed by atoms with Gasteiger partial charge in [-0.1, -0.05) is 31.7 Å². The third-order valence-electron chi connectivity index (χ3n) is 5.04. The van der Waals surface area contributed by atoms with Gasteiger partial charge >= 0.3 is 12.1 Å². The van der Waals surface area contributed by atoms with E-state index in [-0.39, 0.29) is 24.4 Å². The number of ether oxygens (including phenoxy) is 1. The van der Waals surface area contributed by atoms with Crippen LogP contribution >= 0.6 is 0 Å². The third-order valence-corrected chi connectivity index (χ3v) is 5.04. The number of amides is 2. The molecule has 0 spiro atoms. The van der Waals surface area contributed by atoms with E-state index in [0.29, 0.717) is 22.5 Å². The SMILES string of the molecule is C=C(CC1(C)CN(C(=O)OC)c2ccc(C(=O)O)cc21)C(=O)Nc1ccccc1. The minimum absolute atomic E-state index is 0.112. The van der Waals surface area contributed by atoms with Crippen LogP contribution in [0.4, 0.5) is 16.2 Å². The highest BCUT2D eigenvalue weighted by Gasteiger charge is 2.43. The Hall–Kier alpha value is -3.61. The van der Waals surface area contributed by atoms with Crippen LogP contribution in [-0.4, -0.2) is 36.7 Å². The maximum atomic E-state index is 12.6. The van der Waals surface area contributed by atoms with Gasteiger partial charge in [-0.15, -0.1) is 0 Å². The van der Waals surface area contributed by atoms with Gasteiger partial charge in [-0.05, 0) is 42.3 Å². The van der Waals surface area contributed by atoms with Crippen LogP contribution in [0.25, 0.3) is 0 Å². The highest BCUT2D eigenvalue weighted by Crippen LogP contribution is 2.45. The molecule has 1 atom stereocenters. The Labute approximate surface area is 168 Å². The molecule has 29 heavy (non-hydrogen) atoms. The van der Waals surface area contributed by atoms with Crippen molar-refractivity contribution < 1.29 is 24.2 Å². The summed E-state index contributed by atoms with van der Waals surface area (Å²) in [7, 11) is 1.29. The van der Waals surface area contributed by atoms with Crippen molar-refractivity contribution >= 4 is 29.3 Å². The fourth-order valence-electron chi connectivity index (χ4n) is 3.62. The maximum absolute atomic E-state index is 12.6. The van der Waals surface area contributed by atoms with Crippen LogP contribution in [0.3, 0.4) is 0 Å². The summed E-state index contributed by atoms with van der Waals surface area (Å²) >= 11 is 0. The second-order valence-electron chi connectivity index (χ2n) is 7.25. The lowest BCUT2D eigenvalue weighted by Gasteiger charge is -2.26. The van der Waals surface area contributed by atoms with Gasteiger partial charge in [0.05, 0.1) is 18.4 Å². The van der Waals surface area contributed by atoms with Crippen LogP contribution in [-0.2, 0) is 14.9 Å². The number of fused-ring (bicyclic) bond motifs is 1. The van der Waals surface area contributed by atoms with Gasteiger partial charge in [-0.3, -0.25) is 9.69 Å². The Morgan fingerprint density at radius 2 is 1.90 bits per heavy atom. The second kappa shape index (κ2) is 7.79. The summed E-state index contributed by atoms with van der Waals surface area (Å²) in [6.45, 7) is 6.04. The summed E-state index contributed by atoms with van der Waals surface area (Å²) in [5, 5.41) is 12.1. The molecule has 0 saturated carbocycles. The first-order valence-electron chi connectivity index (χ1n) is 9.02. The number of carboxylic acid groups (broad SMARTS) is 1. The van der Waals surface area contributed by atoms with Crippen molar-refractivity contribution in [2.45, 2.75) is 18.8 Å². The largest absolute Gasteiger partial charge is 0.478 e. The molecule has 2 aromatic carbocycles. The number of nitrogens with zero attached hydrogens (tertiary/aromatic N) is 1. The molecule has 2 aromatic rings. The number of nitrogens with one attached hydrogen (secondary N) is 1. The lowest BCUT2D eigenvalue weighted by atomic mass is 9.78. The molecule has 0 bridgehead atoms. The zero-order chi connectivity index (χ0) is 21.2. The Balaban J connectivity index is 1.89. The molecule has 1 aliphatic heterocycles. The Morgan fingerprint density at radius 3 is 2.52 bits per heavy atom. The number of benzene rings is 2. The topological polar surface area (TPSA) is 95.9 Å². The molecular formula is C22H22N2O5. The van der Waals surface area contributed by atoms with Crippen LogP contribution in [0, 0.1) is 0 Å². The van der Waals surface area contributed by atoms with Crippen molar-refractivity contribution in [3.63, 3.8) is 0 Å². The number of aromatic carboxylic acids is 1. The molecule has 0 fully saturated rings. The number of hydrogen-bond donors (Lipinski definition) is 2. The van der Waals surface area contributed by atoms with Gasteiger partial charge in [0.15, 0.2) is 0 Å². The molecule has 1 heterocycles. The lowest BCUT2D eigenvalue weighted by molar-refractivity contribution is -0.113. The lowest BCUT2D eigenvalue weighted by Crippen LogP contribution is -2.36. The van der Waals surface area contributed by atoms with E-state index in [2.05, 4.69) is 11.9 Å². The van der Waals surface area contributed by atoms with Crippen molar-refractivity contribution in [3.05, 3.63) is 71.8 Å². The van der Waals surface area contributed by atoms with E-state index in [1.165, 1.54) is 18.1 Å². The Morgan fingerprint density at radius 1 is 1.21 bits per heavy atom. The average Bonchev–Trinajstić information content (AvgIpc) is 3.00. The quantitative estimate of drug-likeness (QED) is 0.752. The molecule has 2 amide bonds. The highest BCUT2D eigenvalue weighted by molar-refractivity contribution is 6.03. The summed E-state index contributed by atoms with van der Waals surface area (Å²) < 4.78 is 4.86. The molecule has 0 aliphatic carbocycles. The maximum Gasteiger partial charge on any atom is 0.414 e.